The molecule has 1 saturated carbocycles. The Bertz CT molecular complexity index is 1330. The Morgan fingerprint density at radius 1 is 0.829 bits per heavy atom. The van der Waals surface area contributed by atoms with Gasteiger partial charge in [-0.3, -0.25) is 14.8 Å². The zero-order chi connectivity index (χ0) is 23.6. The molecule has 0 unspecified atom stereocenters. The molecule has 35 heavy (non-hydrogen) atoms. The fourth-order valence-electron chi connectivity index (χ4n) is 4.74. The number of amides is 1. The highest BCUT2D eigenvalue weighted by atomic mass is 16.1. The van der Waals surface area contributed by atoms with Crippen LogP contribution < -0.4 is 15.1 Å². The topological polar surface area (TPSA) is 74.2 Å². The van der Waals surface area contributed by atoms with E-state index in [0.29, 0.717) is 0 Å². The molecule has 7 heteroatoms. The number of hydrogen-bond donors (Lipinski definition) is 1. The van der Waals surface area contributed by atoms with Gasteiger partial charge in [-0.15, -0.1) is 0 Å². The van der Waals surface area contributed by atoms with Crippen molar-refractivity contribution in [2.24, 2.45) is 5.92 Å². The fourth-order valence-corrected chi connectivity index (χ4v) is 4.74. The minimum absolute atomic E-state index is 0.138. The highest BCUT2D eigenvalue weighted by Gasteiger charge is 2.25. The van der Waals surface area contributed by atoms with Crippen molar-refractivity contribution in [2.75, 3.05) is 41.3 Å². The first-order chi connectivity index (χ1) is 17.2. The van der Waals surface area contributed by atoms with Crippen molar-refractivity contribution in [1.82, 2.24) is 15.0 Å². The molecule has 1 amide bonds. The van der Waals surface area contributed by atoms with E-state index in [4.69, 9.17) is 4.98 Å². The summed E-state index contributed by atoms with van der Waals surface area (Å²) < 4.78 is 0. The van der Waals surface area contributed by atoms with Crippen molar-refractivity contribution >= 4 is 34.1 Å². The van der Waals surface area contributed by atoms with Crippen molar-refractivity contribution in [1.29, 1.82) is 0 Å². The number of hydrogen-bond acceptors (Lipinski definition) is 6. The summed E-state index contributed by atoms with van der Waals surface area (Å²) in [6.45, 7) is 3.67. The van der Waals surface area contributed by atoms with Crippen LogP contribution in [0.15, 0.2) is 73.2 Å². The van der Waals surface area contributed by atoms with Crippen molar-refractivity contribution in [3.8, 4) is 11.1 Å². The standard InChI is InChI=1S/C28H28N6O/c35-28(21-2-1-3-21)31-23-7-4-20(5-8-23)22-6-9-25-26(18-22)32-27(19-30-25)34-16-14-33(15-17-34)24-10-12-29-13-11-24/h4-13,18-19,21H,1-3,14-17H2,(H,31,35). The van der Waals surface area contributed by atoms with E-state index in [1.54, 1.807) is 0 Å². The third kappa shape index (κ3) is 4.54. The molecule has 176 valence electrons. The van der Waals surface area contributed by atoms with E-state index in [0.717, 1.165) is 79.1 Å². The SMILES string of the molecule is O=C(Nc1ccc(-c2ccc3ncc(N4CCN(c5ccncc5)CC4)nc3c2)cc1)C1CCC1. The Morgan fingerprint density at radius 3 is 2.26 bits per heavy atom. The van der Waals surface area contributed by atoms with E-state index in [1.165, 1.54) is 5.69 Å². The predicted molar refractivity (Wildman–Crippen MR) is 140 cm³/mol. The Hall–Kier alpha value is -4.00. The largest absolute Gasteiger partial charge is 0.368 e. The summed E-state index contributed by atoms with van der Waals surface area (Å²) in [7, 11) is 0. The molecule has 0 radical (unpaired) electrons. The number of fused-ring (bicyclic) bond motifs is 1. The second kappa shape index (κ2) is 9.33. The Kier molecular flexibility index (Phi) is 5.74. The van der Waals surface area contributed by atoms with Gasteiger partial charge in [0.25, 0.3) is 0 Å². The molecular formula is C28H28N6O. The van der Waals surface area contributed by atoms with E-state index in [9.17, 15) is 4.79 Å². The molecule has 4 aromatic rings. The van der Waals surface area contributed by atoms with Gasteiger partial charge in [0.2, 0.25) is 5.91 Å². The van der Waals surface area contributed by atoms with Gasteiger partial charge in [-0.2, -0.15) is 0 Å². The lowest BCUT2D eigenvalue weighted by molar-refractivity contribution is -0.122. The number of nitrogens with zero attached hydrogens (tertiary/aromatic N) is 5. The summed E-state index contributed by atoms with van der Waals surface area (Å²) >= 11 is 0. The molecule has 0 spiro atoms. The minimum Gasteiger partial charge on any atom is -0.368 e. The van der Waals surface area contributed by atoms with Gasteiger partial charge in [0.1, 0.15) is 5.82 Å². The zero-order valence-electron chi connectivity index (χ0n) is 19.6. The highest BCUT2D eigenvalue weighted by molar-refractivity contribution is 5.93. The maximum atomic E-state index is 12.2. The van der Waals surface area contributed by atoms with Crippen LogP contribution in [0.5, 0.6) is 0 Å². The van der Waals surface area contributed by atoms with E-state index >= 15 is 0 Å². The zero-order valence-corrected chi connectivity index (χ0v) is 19.6. The van der Waals surface area contributed by atoms with Crippen LogP contribution in [0.3, 0.4) is 0 Å². The van der Waals surface area contributed by atoms with E-state index in [-0.39, 0.29) is 11.8 Å². The van der Waals surface area contributed by atoms with E-state index in [2.05, 4.69) is 49.4 Å². The molecule has 2 aromatic carbocycles. The van der Waals surface area contributed by atoms with Gasteiger partial charge in [-0.05, 0) is 60.4 Å². The van der Waals surface area contributed by atoms with Crippen LogP contribution in [-0.2, 0) is 4.79 Å². The highest BCUT2D eigenvalue weighted by Crippen LogP contribution is 2.29. The number of rotatable bonds is 5. The van der Waals surface area contributed by atoms with Gasteiger partial charge >= 0.3 is 0 Å². The number of anilines is 3. The first-order valence-electron chi connectivity index (χ1n) is 12.3. The molecule has 0 bridgehead atoms. The molecular weight excluding hydrogens is 436 g/mol. The number of nitrogens with one attached hydrogen (secondary N) is 1. The van der Waals surface area contributed by atoms with Crippen LogP contribution in [0.2, 0.25) is 0 Å². The summed E-state index contributed by atoms with van der Waals surface area (Å²) in [5.41, 5.74) is 6.01. The van der Waals surface area contributed by atoms with Crippen LogP contribution in [0.25, 0.3) is 22.2 Å². The number of piperazine rings is 1. The van der Waals surface area contributed by atoms with Crippen molar-refractivity contribution < 1.29 is 4.79 Å². The van der Waals surface area contributed by atoms with E-state index < -0.39 is 0 Å². The molecule has 2 fully saturated rings. The summed E-state index contributed by atoms with van der Waals surface area (Å²) in [5, 5.41) is 3.04. The molecule has 1 aliphatic heterocycles. The average molecular weight is 465 g/mol. The smallest absolute Gasteiger partial charge is 0.227 e. The van der Waals surface area contributed by atoms with Gasteiger partial charge in [-0.1, -0.05) is 24.6 Å². The number of carbonyl (C=O) groups is 1. The first-order valence-corrected chi connectivity index (χ1v) is 12.3. The Balaban J connectivity index is 1.16. The summed E-state index contributed by atoms with van der Waals surface area (Å²) in [5.74, 6) is 1.23. The van der Waals surface area contributed by atoms with Crippen molar-refractivity contribution in [3.63, 3.8) is 0 Å². The van der Waals surface area contributed by atoms with Crippen LogP contribution >= 0.6 is 0 Å². The fraction of sp³-hybridized carbons (Fsp3) is 0.286. The molecule has 0 atom stereocenters. The maximum Gasteiger partial charge on any atom is 0.227 e. The molecule has 2 aromatic heterocycles. The molecule has 6 rings (SSSR count). The Labute approximate surface area is 204 Å². The molecule has 3 heterocycles. The minimum atomic E-state index is 0.138. The summed E-state index contributed by atoms with van der Waals surface area (Å²) in [4.78, 5) is 30.6. The lowest BCUT2D eigenvalue weighted by atomic mass is 9.85. The van der Waals surface area contributed by atoms with Gasteiger partial charge in [0.05, 0.1) is 17.2 Å². The van der Waals surface area contributed by atoms with Gasteiger partial charge in [-0.25, -0.2) is 4.98 Å². The predicted octanol–water partition coefficient (Wildman–Crippen LogP) is 4.76. The third-order valence-corrected chi connectivity index (χ3v) is 7.12. The first kappa shape index (κ1) is 21.5. The average Bonchev–Trinajstić information content (AvgIpc) is 2.88. The summed E-state index contributed by atoms with van der Waals surface area (Å²) in [6, 6.07) is 18.4. The van der Waals surface area contributed by atoms with Gasteiger partial charge in [0.15, 0.2) is 0 Å². The maximum absolute atomic E-state index is 12.2. The quantitative estimate of drug-likeness (QED) is 0.459. The van der Waals surface area contributed by atoms with Crippen molar-refractivity contribution in [2.45, 2.75) is 19.3 Å². The Morgan fingerprint density at radius 2 is 1.54 bits per heavy atom. The van der Waals surface area contributed by atoms with Crippen LogP contribution in [0.1, 0.15) is 19.3 Å². The molecule has 1 saturated heterocycles. The third-order valence-electron chi connectivity index (χ3n) is 7.12. The van der Waals surface area contributed by atoms with E-state index in [1.807, 2.05) is 48.9 Å². The lowest BCUT2D eigenvalue weighted by Gasteiger charge is -2.36. The number of aromatic nitrogens is 3. The number of carbonyl (C=O) groups excluding carboxylic acids is 1. The molecule has 2 aliphatic rings. The number of benzene rings is 2. The molecule has 1 N–H and O–H groups in total. The normalized spacial score (nSPS) is 16.2. The summed E-state index contributed by atoms with van der Waals surface area (Å²) in [6.07, 6.45) is 8.73. The van der Waals surface area contributed by atoms with Crippen LogP contribution in [0, 0.1) is 5.92 Å². The molecule has 7 nitrogen and oxygen atoms in total. The van der Waals surface area contributed by atoms with Crippen LogP contribution in [0.4, 0.5) is 17.2 Å². The van der Waals surface area contributed by atoms with Gasteiger partial charge in [0, 0.05) is 55.9 Å². The van der Waals surface area contributed by atoms with Crippen molar-refractivity contribution in [3.05, 3.63) is 73.2 Å². The lowest BCUT2D eigenvalue weighted by Crippen LogP contribution is -2.46. The second-order valence-electron chi connectivity index (χ2n) is 9.31. The monoisotopic (exact) mass is 464 g/mol. The molecule has 1 aliphatic carbocycles. The second-order valence-corrected chi connectivity index (χ2v) is 9.31. The number of pyridine rings is 1. The van der Waals surface area contributed by atoms with Crippen LogP contribution in [-0.4, -0.2) is 47.0 Å². The van der Waals surface area contributed by atoms with Gasteiger partial charge < -0.3 is 15.1 Å².